The van der Waals surface area contributed by atoms with Crippen LogP contribution in [0.5, 0.6) is 0 Å². The minimum atomic E-state index is -0.0366. The van der Waals surface area contributed by atoms with Gasteiger partial charge in [0, 0.05) is 55.2 Å². The summed E-state index contributed by atoms with van der Waals surface area (Å²) in [5.74, 6) is -0.0366. The standard InChI is InChI=1S/C30H29N7O.ClH/c1-20-26(18-33-37(20)23-6-4-21(17-31)5-7-23)30(38)36-12-9-22-15-27-25(16-29(22)36)28(8-10-32-27)35-14-13-34-11-2-3-24(34)19-35;/h4-8,10,15-16,18,24H,2-3,9,11-14,19H2,1H3;1H/t24-;/m0./s1. The van der Waals surface area contributed by atoms with Crippen LogP contribution in [0, 0.1) is 18.3 Å². The molecule has 7 rings (SSSR count). The van der Waals surface area contributed by atoms with Gasteiger partial charge in [0.05, 0.1) is 40.3 Å². The van der Waals surface area contributed by atoms with Crippen LogP contribution in [-0.2, 0) is 6.42 Å². The summed E-state index contributed by atoms with van der Waals surface area (Å²) in [4.78, 5) is 25.5. The molecule has 0 saturated carbocycles. The first-order valence-corrected chi connectivity index (χ1v) is 13.4. The first-order valence-electron chi connectivity index (χ1n) is 13.4. The number of nitriles is 1. The molecule has 0 N–H and O–H groups in total. The van der Waals surface area contributed by atoms with Crippen molar-refractivity contribution in [2.45, 2.75) is 32.2 Å². The van der Waals surface area contributed by atoms with Crippen molar-refractivity contribution in [3.05, 3.63) is 77.2 Å². The molecule has 9 heteroatoms. The molecule has 3 aliphatic heterocycles. The number of nitrogens with zero attached hydrogens (tertiary/aromatic N) is 7. The van der Waals surface area contributed by atoms with E-state index in [0.29, 0.717) is 23.7 Å². The fourth-order valence-corrected chi connectivity index (χ4v) is 6.41. The van der Waals surface area contributed by atoms with Crippen molar-refractivity contribution in [1.29, 1.82) is 5.26 Å². The number of hydrogen-bond acceptors (Lipinski definition) is 6. The zero-order valence-electron chi connectivity index (χ0n) is 21.9. The molecule has 8 nitrogen and oxygen atoms in total. The molecule has 0 bridgehead atoms. The Morgan fingerprint density at radius 3 is 2.72 bits per heavy atom. The average Bonchev–Trinajstić information content (AvgIpc) is 3.69. The number of rotatable bonds is 3. The molecule has 5 heterocycles. The molecule has 0 aliphatic carbocycles. The van der Waals surface area contributed by atoms with E-state index in [2.05, 4.69) is 39.2 Å². The van der Waals surface area contributed by atoms with E-state index in [0.717, 1.165) is 59.6 Å². The summed E-state index contributed by atoms with van der Waals surface area (Å²) in [7, 11) is 0. The Labute approximate surface area is 233 Å². The van der Waals surface area contributed by atoms with Gasteiger partial charge in [0.2, 0.25) is 0 Å². The minimum absolute atomic E-state index is 0. The predicted molar refractivity (Wildman–Crippen MR) is 154 cm³/mol. The third kappa shape index (κ3) is 4.22. The van der Waals surface area contributed by atoms with Gasteiger partial charge in [-0.15, -0.1) is 12.4 Å². The molecule has 2 fully saturated rings. The molecule has 1 amide bonds. The summed E-state index contributed by atoms with van der Waals surface area (Å²) < 4.78 is 1.76. The van der Waals surface area contributed by atoms with E-state index in [1.165, 1.54) is 25.1 Å². The Balaban J connectivity index is 0.00000277. The van der Waals surface area contributed by atoms with Gasteiger partial charge in [-0.05, 0) is 80.8 Å². The number of carbonyl (C=O) groups excluding carboxylic acids is 1. The van der Waals surface area contributed by atoms with E-state index in [-0.39, 0.29) is 18.3 Å². The maximum atomic E-state index is 13.8. The maximum absolute atomic E-state index is 13.8. The van der Waals surface area contributed by atoms with E-state index < -0.39 is 0 Å². The lowest BCUT2D eigenvalue weighted by Gasteiger charge is -2.39. The summed E-state index contributed by atoms with van der Waals surface area (Å²) in [6, 6.07) is 16.5. The second kappa shape index (κ2) is 9.99. The van der Waals surface area contributed by atoms with Gasteiger partial charge in [-0.1, -0.05) is 0 Å². The monoisotopic (exact) mass is 539 g/mol. The molecule has 39 heavy (non-hydrogen) atoms. The van der Waals surface area contributed by atoms with Crippen LogP contribution in [0.15, 0.2) is 54.9 Å². The van der Waals surface area contributed by atoms with Gasteiger partial charge in [-0.25, -0.2) is 4.68 Å². The van der Waals surface area contributed by atoms with Gasteiger partial charge in [0.25, 0.3) is 5.91 Å². The Morgan fingerprint density at radius 2 is 1.90 bits per heavy atom. The van der Waals surface area contributed by atoms with Crippen molar-refractivity contribution in [1.82, 2.24) is 19.7 Å². The van der Waals surface area contributed by atoms with Crippen molar-refractivity contribution < 1.29 is 4.79 Å². The van der Waals surface area contributed by atoms with E-state index in [1.54, 1.807) is 23.0 Å². The molecule has 2 saturated heterocycles. The Bertz CT molecular complexity index is 1610. The van der Waals surface area contributed by atoms with E-state index in [4.69, 9.17) is 10.2 Å². The zero-order chi connectivity index (χ0) is 25.8. The lowest BCUT2D eigenvalue weighted by Crippen LogP contribution is -2.50. The van der Waals surface area contributed by atoms with Crippen LogP contribution in [0.1, 0.15) is 40.0 Å². The van der Waals surface area contributed by atoms with Crippen molar-refractivity contribution in [3.8, 4) is 11.8 Å². The number of anilines is 2. The molecule has 2 aromatic heterocycles. The molecule has 1 atom stereocenters. The molecular weight excluding hydrogens is 510 g/mol. The molecule has 3 aliphatic rings. The van der Waals surface area contributed by atoms with E-state index in [9.17, 15) is 4.79 Å². The van der Waals surface area contributed by atoms with Crippen molar-refractivity contribution in [3.63, 3.8) is 0 Å². The van der Waals surface area contributed by atoms with Gasteiger partial charge in [0.1, 0.15) is 0 Å². The third-order valence-corrected chi connectivity index (χ3v) is 8.47. The second-order valence-corrected chi connectivity index (χ2v) is 10.5. The van der Waals surface area contributed by atoms with Crippen LogP contribution in [0.4, 0.5) is 11.4 Å². The number of benzene rings is 2. The molecule has 4 aromatic rings. The highest BCUT2D eigenvalue weighted by atomic mass is 35.5. The minimum Gasteiger partial charge on any atom is -0.368 e. The van der Waals surface area contributed by atoms with Crippen LogP contribution in [0.3, 0.4) is 0 Å². The normalized spacial score (nSPS) is 18.5. The molecule has 0 spiro atoms. The summed E-state index contributed by atoms with van der Waals surface area (Å²) in [5.41, 5.74) is 7.13. The van der Waals surface area contributed by atoms with E-state index in [1.807, 2.05) is 30.2 Å². The first-order chi connectivity index (χ1) is 18.6. The number of aromatic nitrogens is 3. The number of hydrogen-bond donors (Lipinski definition) is 0. The number of carbonyl (C=O) groups is 1. The zero-order valence-corrected chi connectivity index (χ0v) is 22.7. The quantitative estimate of drug-likeness (QED) is 0.381. The molecule has 0 unspecified atom stereocenters. The van der Waals surface area contributed by atoms with Gasteiger partial charge in [-0.3, -0.25) is 14.7 Å². The predicted octanol–water partition coefficient (Wildman–Crippen LogP) is 4.51. The van der Waals surface area contributed by atoms with Gasteiger partial charge in [-0.2, -0.15) is 10.4 Å². The van der Waals surface area contributed by atoms with E-state index >= 15 is 0 Å². The van der Waals surface area contributed by atoms with Crippen molar-refractivity contribution in [2.24, 2.45) is 0 Å². The number of piperazine rings is 1. The molecular formula is C30H30ClN7O. The Hall–Kier alpha value is -3.93. The highest BCUT2D eigenvalue weighted by Gasteiger charge is 2.32. The molecule has 0 radical (unpaired) electrons. The van der Waals surface area contributed by atoms with Crippen LogP contribution < -0.4 is 9.80 Å². The summed E-state index contributed by atoms with van der Waals surface area (Å²) in [5, 5.41) is 14.7. The maximum Gasteiger partial charge on any atom is 0.261 e. The Kier molecular flexibility index (Phi) is 6.49. The van der Waals surface area contributed by atoms with Gasteiger partial charge >= 0.3 is 0 Å². The van der Waals surface area contributed by atoms with Crippen LogP contribution >= 0.6 is 12.4 Å². The lowest BCUT2D eigenvalue weighted by molar-refractivity contribution is 0.0989. The number of amides is 1. The highest BCUT2D eigenvalue weighted by Crippen LogP contribution is 2.37. The summed E-state index contributed by atoms with van der Waals surface area (Å²) in [6.45, 7) is 6.95. The van der Waals surface area contributed by atoms with Crippen LogP contribution in [0.25, 0.3) is 16.6 Å². The second-order valence-electron chi connectivity index (χ2n) is 10.5. The fourth-order valence-electron chi connectivity index (χ4n) is 6.41. The highest BCUT2D eigenvalue weighted by molar-refractivity contribution is 6.09. The Morgan fingerprint density at radius 1 is 1.05 bits per heavy atom. The number of pyridine rings is 1. The van der Waals surface area contributed by atoms with Crippen LogP contribution in [0.2, 0.25) is 0 Å². The summed E-state index contributed by atoms with van der Waals surface area (Å²) >= 11 is 0. The average molecular weight is 540 g/mol. The van der Waals surface area contributed by atoms with Gasteiger partial charge < -0.3 is 9.80 Å². The van der Waals surface area contributed by atoms with Crippen molar-refractivity contribution in [2.75, 3.05) is 42.5 Å². The molecule has 198 valence electrons. The molecule has 2 aromatic carbocycles. The number of fused-ring (bicyclic) bond motifs is 3. The summed E-state index contributed by atoms with van der Waals surface area (Å²) in [6.07, 6.45) is 6.95. The first kappa shape index (κ1) is 25.4. The topological polar surface area (TPSA) is 81.3 Å². The number of halogens is 1. The lowest BCUT2D eigenvalue weighted by atomic mass is 10.1. The largest absolute Gasteiger partial charge is 0.368 e. The van der Waals surface area contributed by atoms with Crippen LogP contribution in [-0.4, -0.2) is 64.3 Å². The SMILES string of the molecule is Cc1c(C(=O)N2CCc3cc4nccc(N5CCN6CCC[C@H]6C5)c4cc32)cnn1-c1ccc(C#N)cc1.Cl. The van der Waals surface area contributed by atoms with Gasteiger partial charge in [0.15, 0.2) is 0 Å². The third-order valence-electron chi connectivity index (χ3n) is 8.47. The fraction of sp³-hybridized carbons (Fsp3) is 0.333. The smallest absolute Gasteiger partial charge is 0.261 e. The van der Waals surface area contributed by atoms with Crippen molar-refractivity contribution >= 4 is 40.6 Å².